The summed E-state index contributed by atoms with van der Waals surface area (Å²) >= 11 is 0. The maximum Gasteiger partial charge on any atom is 0.101 e. The molecule has 0 saturated carbocycles. The predicted molar refractivity (Wildman–Crippen MR) is 91.5 cm³/mol. The molecule has 1 aromatic carbocycles. The van der Waals surface area contributed by atoms with Crippen molar-refractivity contribution in [3.05, 3.63) is 71.4 Å². The largest absolute Gasteiger partial charge is 0.386 e. The smallest absolute Gasteiger partial charge is 0.101 e. The Morgan fingerprint density at radius 2 is 2.12 bits per heavy atom. The zero-order chi connectivity index (χ0) is 17.0. The Kier molecular flexibility index (Phi) is 3.03. The van der Waals surface area contributed by atoms with E-state index in [9.17, 15) is 5.11 Å². The first-order valence-electron chi connectivity index (χ1n) is 8.46. The van der Waals surface area contributed by atoms with Gasteiger partial charge in [0.25, 0.3) is 0 Å². The molecule has 5 nitrogen and oxygen atoms in total. The Labute approximate surface area is 145 Å². The lowest BCUT2D eigenvalue weighted by molar-refractivity contribution is 0.0679. The second kappa shape index (κ2) is 5.27. The van der Waals surface area contributed by atoms with Crippen molar-refractivity contribution in [3.8, 4) is 17.3 Å². The molecule has 0 unspecified atom stereocenters. The van der Waals surface area contributed by atoms with Gasteiger partial charge in [0.05, 0.1) is 35.5 Å². The van der Waals surface area contributed by atoms with Crippen molar-refractivity contribution in [1.29, 1.82) is 5.26 Å². The number of hydrogen-bond donors (Lipinski definition) is 1. The molecule has 0 radical (unpaired) electrons. The normalized spacial score (nSPS) is 23.4. The Morgan fingerprint density at radius 1 is 1.24 bits per heavy atom. The molecule has 122 valence electrons. The van der Waals surface area contributed by atoms with Gasteiger partial charge in [0.15, 0.2) is 0 Å². The minimum absolute atomic E-state index is 0.0320. The number of pyridine rings is 1. The van der Waals surface area contributed by atoms with E-state index in [4.69, 9.17) is 5.26 Å². The number of imidazole rings is 1. The average Bonchev–Trinajstić information content (AvgIpc) is 3.23. The minimum atomic E-state index is -0.650. The number of fused-ring (bicyclic) bond motifs is 4. The second-order valence-electron chi connectivity index (χ2n) is 6.75. The first-order valence-corrected chi connectivity index (χ1v) is 8.46. The van der Waals surface area contributed by atoms with E-state index in [1.54, 1.807) is 6.20 Å². The summed E-state index contributed by atoms with van der Waals surface area (Å²) in [5.74, 6) is 0.0320. The molecule has 0 amide bonds. The van der Waals surface area contributed by atoms with Crippen LogP contribution in [-0.2, 0) is 6.42 Å². The van der Waals surface area contributed by atoms with E-state index in [0.717, 1.165) is 24.1 Å². The van der Waals surface area contributed by atoms with Crippen LogP contribution < -0.4 is 0 Å². The number of aromatic nitrogens is 3. The van der Waals surface area contributed by atoms with Crippen LogP contribution in [0.15, 0.2) is 49.1 Å². The summed E-state index contributed by atoms with van der Waals surface area (Å²) < 4.78 is 2.17. The van der Waals surface area contributed by atoms with E-state index in [1.807, 2.05) is 30.7 Å². The fourth-order valence-corrected chi connectivity index (χ4v) is 4.37. The number of hydrogen-bond acceptors (Lipinski definition) is 4. The zero-order valence-electron chi connectivity index (χ0n) is 13.5. The van der Waals surface area contributed by atoms with Gasteiger partial charge in [-0.15, -0.1) is 0 Å². The average molecular weight is 328 g/mol. The first kappa shape index (κ1) is 14.4. The van der Waals surface area contributed by atoms with Gasteiger partial charge < -0.3 is 9.67 Å². The molecule has 1 N–H and O–H groups in total. The van der Waals surface area contributed by atoms with E-state index in [0.29, 0.717) is 11.3 Å². The van der Waals surface area contributed by atoms with Crippen molar-refractivity contribution < 1.29 is 5.11 Å². The fraction of sp³-hybridized carbons (Fsp3) is 0.250. The van der Waals surface area contributed by atoms with Crippen LogP contribution in [0.25, 0.3) is 11.3 Å². The van der Waals surface area contributed by atoms with E-state index >= 15 is 0 Å². The monoisotopic (exact) mass is 328 g/mol. The highest BCUT2D eigenvalue weighted by atomic mass is 16.3. The molecule has 25 heavy (non-hydrogen) atoms. The molecule has 5 heteroatoms. The Morgan fingerprint density at radius 3 is 3.00 bits per heavy atom. The van der Waals surface area contributed by atoms with Gasteiger partial charge >= 0.3 is 0 Å². The predicted octanol–water partition coefficient (Wildman–Crippen LogP) is 3.02. The van der Waals surface area contributed by atoms with Crippen molar-refractivity contribution in [1.82, 2.24) is 14.5 Å². The van der Waals surface area contributed by atoms with E-state index in [-0.39, 0.29) is 12.0 Å². The van der Waals surface area contributed by atoms with Crippen LogP contribution in [0.4, 0.5) is 0 Å². The van der Waals surface area contributed by atoms with E-state index < -0.39 is 6.10 Å². The summed E-state index contributed by atoms with van der Waals surface area (Å²) in [6.45, 7) is 0. The highest BCUT2D eigenvalue weighted by molar-refractivity contribution is 5.69. The number of nitriles is 1. The number of aryl methyl sites for hydroxylation is 1. The number of benzene rings is 1. The van der Waals surface area contributed by atoms with Gasteiger partial charge in [-0.05, 0) is 30.0 Å². The maximum absolute atomic E-state index is 11.1. The zero-order valence-corrected chi connectivity index (χ0v) is 13.5. The molecule has 3 atom stereocenters. The lowest BCUT2D eigenvalue weighted by Crippen LogP contribution is -2.29. The van der Waals surface area contributed by atoms with Gasteiger partial charge in [0, 0.05) is 17.7 Å². The molecule has 5 rings (SSSR count). The standard InChI is InChI=1S/C20H16N4O/c21-8-12-7-13-5-6-16(20(25)18(13)23-9-12)19-15-4-2-1-3-14(15)17-10-22-11-24(17)19/h1-4,7,9-11,16,19-20,25H,5-6H2/t16-,19+,20-/m0/s1. The van der Waals surface area contributed by atoms with Crippen LogP contribution in [0.2, 0.25) is 0 Å². The molecule has 2 aromatic heterocycles. The van der Waals surface area contributed by atoms with E-state index in [2.05, 4.69) is 32.7 Å². The van der Waals surface area contributed by atoms with E-state index in [1.165, 1.54) is 11.1 Å². The summed E-state index contributed by atoms with van der Waals surface area (Å²) in [4.78, 5) is 8.70. The van der Waals surface area contributed by atoms with Crippen LogP contribution in [0.3, 0.4) is 0 Å². The van der Waals surface area contributed by atoms with Gasteiger partial charge in [-0.2, -0.15) is 5.26 Å². The molecule has 0 saturated heterocycles. The van der Waals surface area contributed by atoms with Gasteiger partial charge in [-0.1, -0.05) is 24.3 Å². The van der Waals surface area contributed by atoms with Crippen molar-refractivity contribution in [2.24, 2.45) is 5.92 Å². The summed E-state index contributed by atoms with van der Waals surface area (Å²) in [6, 6.07) is 12.4. The summed E-state index contributed by atoms with van der Waals surface area (Å²) in [5.41, 5.74) is 5.77. The Bertz CT molecular complexity index is 1020. The van der Waals surface area contributed by atoms with Gasteiger partial charge in [0.2, 0.25) is 0 Å². The van der Waals surface area contributed by atoms with Crippen molar-refractivity contribution in [3.63, 3.8) is 0 Å². The number of aliphatic hydroxyl groups excluding tert-OH is 1. The maximum atomic E-state index is 11.1. The molecule has 0 bridgehead atoms. The SMILES string of the molecule is N#Cc1cnc2c(c1)CC[C@@H]([C@H]1c3ccccc3-c3cncn31)[C@@H]2O. The minimum Gasteiger partial charge on any atom is -0.386 e. The molecule has 2 aliphatic rings. The highest BCUT2D eigenvalue weighted by Crippen LogP contribution is 2.49. The fourth-order valence-electron chi connectivity index (χ4n) is 4.37. The molecular weight excluding hydrogens is 312 g/mol. The summed E-state index contributed by atoms with van der Waals surface area (Å²) in [7, 11) is 0. The van der Waals surface area contributed by atoms with Gasteiger partial charge in [-0.25, -0.2) is 4.98 Å². The third-order valence-electron chi connectivity index (χ3n) is 5.49. The topological polar surface area (TPSA) is 74.7 Å². The molecule has 1 aliphatic heterocycles. The Hall–Kier alpha value is -2.97. The number of aliphatic hydroxyl groups is 1. The van der Waals surface area contributed by atoms with Crippen LogP contribution >= 0.6 is 0 Å². The van der Waals surface area contributed by atoms with Crippen molar-refractivity contribution in [2.45, 2.75) is 25.0 Å². The summed E-state index contributed by atoms with van der Waals surface area (Å²) in [6.07, 6.45) is 6.32. The first-order chi connectivity index (χ1) is 12.3. The van der Waals surface area contributed by atoms with Crippen molar-refractivity contribution in [2.75, 3.05) is 0 Å². The molecule has 3 heterocycles. The van der Waals surface area contributed by atoms with Crippen LogP contribution in [0, 0.1) is 17.2 Å². The molecule has 0 spiro atoms. The van der Waals surface area contributed by atoms with Crippen LogP contribution in [0.5, 0.6) is 0 Å². The Balaban J connectivity index is 1.60. The molecule has 1 aliphatic carbocycles. The third-order valence-corrected chi connectivity index (χ3v) is 5.49. The lowest BCUT2D eigenvalue weighted by Gasteiger charge is -2.34. The van der Waals surface area contributed by atoms with Crippen LogP contribution in [0.1, 0.15) is 41.0 Å². The van der Waals surface area contributed by atoms with Crippen LogP contribution in [-0.4, -0.2) is 19.6 Å². The number of nitrogens with zero attached hydrogens (tertiary/aromatic N) is 4. The highest BCUT2D eigenvalue weighted by Gasteiger charge is 2.41. The summed E-state index contributed by atoms with van der Waals surface area (Å²) in [5, 5.41) is 20.1. The molecular formula is C20H16N4O. The number of rotatable bonds is 1. The van der Waals surface area contributed by atoms with Gasteiger partial charge in [-0.3, -0.25) is 4.98 Å². The quantitative estimate of drug-likeness (QED) is 0.745. The van der Waals surface area contributed by atoms with Gasteiger partial charge in [0.1, 0.15) is 12.2 Å². The lowest BCUT2D eigenvalue weighted by atomic mass is 9.77. The second-order valence-corrected chi connectivity index (χ2v) is 6.75. The van der Waals surface area contributed by atoms with Crippen molar-refractivity contribution >= 4 is 0 Å². The third kappa shape index (κ3) is 1.98. The molecule has 0 fully saturated rings. The molecule has 3 aromatic rings.